The minimum absolute atomic E-state index is 0.928. The van der Waals surface area contributed by atoms with Gasteiger partial charge in [-0.15, -0.1) is 11.3 Å². The molecule has 0 fully saturated rings. The number of thiazole rings is 1. The second-order valence-electron chi connectivity index (χ2n) is 3.38. The normalized spacial score (nSPS) is 11.2. The Morgan fingerprint density at radius 3 is 2.69 bits per heavy atom. The van der Waals surface area contributed by atoms with Crippen LogP contribution in [0.4, 0.5) is 0 Å². The first kappa shape index (κ1) is 10.6. The predicted molar refractivity (Wildman–Crippen MR) is 57.0 cm³/mol. The molecule has 74 valence electrons. The quantitative estimate of drug-likeness (QED) is 0.790. The van der Waals surface area contributed by atoms with Crippen LogP contribution < -0.4 is 5.32 Å². The Morgan fingerprint density at radius 2 is 2.15 bits per heavy atom. The molecule has 0 aromatic carbocycles. The zero-order valence-corrected chi connectivity index (χ0v) is 9.53. The Bertz CT molecular complexity index is 268. The minimum Gasteiger partial charge on any atom is -0.315 e. The molecule has 0 aliphatic rings. The molecule has 1 N–H and O–H groups in total. The maximum atomic E-state index is 4.51. The number of hydrogen-bond donors (Lipinski definition) is 1. The van der Waals surface area contributed by atoms with Crippen LogP contribution >= 0.6 is 11.3 Å². The van der Waals surface area contributed by atoms with Crippen molar-refractivity contribution in [2.45, 2.75) is 20.0 Å². The monoisotopic (exact) mass is 199 g/mol. The summed E-state index contributed by atoms with van der Waals surface area (Å²) in [5, 5.41) is 4.35. The molecule has 0 amide bonds. The van der Waals surface area contributed by atoms with Gasteiger partial charge in [-0.1, -0.05) is 0 Å². The molecule has 1 heterocycles. The average Bonchev–Trinajstić information content (AvgIpc) is 2.31. The van der Waals surface area contributed by atoms with Crippen LogP contribution in [0.3, 0.4) is 0 Å². The molecule has 0 aliphatic heterocycles. The van der Waals surface area contributed by atoms with Crippen molar-refractivity contribution in [3.63, 3.8) is 0 Å². The molecule has 4 heteroatoms. The zero-order chi connectivity index (χ0) is 9.84. The first-order chi connectivity index (χ1) is 6.13. The highest BCUT2D eigenvalue weighted by Crippen LogP contribution is 2.18. The maximum Gasteiger partial charge on any atom is 0.107 e. The Kier molecular flexibility index (Phi) is 3.84. The number of rotatable bonds is 4. The lowest BCUT2D eigenvalue weighted by atomic mass is 10.4. The lowest BCUT2D eigenvalue weighted by Crippen LogP contribution is -2.10. The van der Waals surface area contributed by atoms with Gasteiger partial charge < -0.3 is 10.2 Å². The van der Waals surface area contributed by atoms with Crippen LogP contribution in [-0.4, -0.2) is 31.0 Å². The van der Waals surface area contributed by atoms with Gasteiger partial charge in [0, 0.05) is 18.0 Å². The molecule has 0 bridgehead atoms. The molecular formula is C9H17N3S. The van der Waals surface area contributed by atoms with Crippen LogP contribution in [0.1, 0.15) is 15.6 Å². The van der Waals surface area contributed by atoms with Crippen LogP contribution in [0, 0.1) is 6.92 Å². The lowest BCUT2D eigenvalue weighted by molar-refractivity contribution is 0.401. The van der Waals surface area contributed by atoms with Crippen molar-refractivity contribution in [1.82, 2.24) is 15.2 Å². The molecule has 1 aromatic heterocycles. The predicted octanol–water partition coefficient (Wildman–Crippen LogP) is 1.23. The van der Waals surface area contributed by atoms with Crippen molar-refractivity contribution in [3.05, 3.63) is 15.6 Å². The molecule has 0 saturated carbocycles. The molecule has 0 saturated heterocycles. The standard InChI is InChI=1S/C9H17N3S/c1-7-8(5-10-2)13-9(11-7)6-12(3)4/h10H,5-6H2,1-4H3. The Morgan fingerprint density at radius 1 is 1.46 bits per heavy atom. The van der Waals surface area contributed by atoms with E-state index in [4.69, 9.17) is 0 Å². The van der Waals surface area contributed by atoms with E-state index in [2.05, 4.69) is 36.2 Å². The molecule has 1 rings (SSSR count). The number of aryl methyl sites for hydroxylation is 1. The third-order valence-corrected chi connectivity index (χ3v) is 2.87. The summed E-state index contributed by atoms with van der Waals surface area (Å²) in [5.41, 5.74) is 1.16. The van der Waals surface area contributed by atoms with Crippen LogP contribution in [0.5, 0.6) is 0 Å². The number of hydrogen-bond acceptors (Lipinski definition) is 4. The van der Waals surface area contributed by atoms with E-state index in [-0.39, 0.29) is 0 Å². The summed E-state index contributed by atoms with van der Waals surface area (Å²) < 4.78 is 0. The van der Waals surface area contributed by atoms with E-state index in [0.29, 0.717) is 0 Å². The summed E-state index contributed by atoms with van der Waals surface area (Å²) in [6.45, 7) is 3.94. The first-order valence-corrected chi connectivity index (χ1v) is 5.19. The van der Waals surface area contributed by atoms with E-state index in [9.17, 15) is 0 Å². The smallest absolute Gasteiger partial charge is 0.107 e. The van der Waals surface area contributed by atoms with Crippen molar-refractivity contribution in [1.29, 1.82) is 0 Å². The van der Waals surface area contributed by atoms with E-state index in [1.54, 1.807) is 11.3 Å². The van der Waals surface area contributed by atoms with Gasteiger partial charge in [0.1, 0.15) is 5.01 Å². The Balaban J connectivity index is 2.70. The summed E-state index contributed by atoms with van der Waals surface area (Å²) in [5.74, 6) is 0. The van der Waals surface area contributed by atoms with Gasteiger partial charge in [-0.2, -0.15) is 0 Å². The summed E-state index contributed by atoms with van der Waals surface area (Å²) in [7, 11) is 6.09. The number of nitrogens with zero attached hydrogens (tertiary/aromatic N) is 2. The zero-order valence-electron chi connectivity index (χ0n) is 8.72. The van der Waals surface area contributed by atoms with Gasteiger partial charge in [0.05, 0.1) is 5.69 Å². The van der Waals surface area contributed by atoms with Gasteiger partial charge >= 0.3 is 0 Å². The molecule has 0 radical (unpaired) electrons. The second-order valence-corrected chi connectivity index (χ2v) is 4.55. The van der Waals surface area contributed by atoms with Gasteiger partial charge in [-0.05, 0) is 28.1 Å². The van der Waals surface area contributed by atoms with E-state index < -0.39 is 0 Å². The fourth-order valence-corrected chi connectivity index (χ4v) is 2.35. The molecule has 0 unspecified atom stereocenters. The largest absolute Gasteiger partial charge is 0.315 e. The van der Waals surface area contributed by atoms with Crippen LogP contribution in [-0.2, 0) is 13.1 Å². The molecule has 0 aliphatic carbocycles. The Hall–Kier alpha value is -0.450. The molecule has 0 spiro atoms. The van der Waals surface area contributed by atoms with Crippen LogP contribution in [0.2, 0.25) is 0 Å². The van der Waals surface area contributed by atoms with Gasteiger partial charge in [0.2, 0.25) is 0 Å². The average molecular weight is 199 g/mol. The van der Waals surface area contributed by atoms with Crippen molar-refractivity contribution in [2.75, 3.05) is 21.1 Å². The summed E-state index contributed by atoms with van der Waals surface area (Å²) in [6.07, 6.45) is 0. The van der Waals surface area contributed by atoms with Gasteiger partial charge in [-0.3, -0.25) is 0 Å². The summed E-state index contributed by atoms with van der Waals surface area (Å²) in [4.78, 5) is 7.99. The molecule has 13 heavy (non-hydrogen) atoms. The van der Waals surface area contributed by atoms with Gasteiger partial charge in [0.15, 0.2) is 0 Å². The SMILES string of the molecule is CNCc1sc(CN(C)C)nc1C. The van der Waals surface area contributed by atoms with Gasteiger partial charge in [0.25, 0.3) is 0 Å². The highest BCUT2D eigenvalue weighted by atomic mass is 32.1. The Labute approximate surface area is 83.8 Å². The van der Waals surface area contributed by atoms with Crippen molar-refractivity contribution >= 4 is 11.3 Å². The highest BCUT2D eigenvalue weighted by Gasteiger charge is 2.06. The maximum absolute atomic E-state index is 4.51. The second kappa shape index (κ2) is 4.69. The first-order valence-electron chi connectivity index (χ1n) is 4.38. The van der Waals surface area contributed by atoms with Crippen LogP contribution in [0.25, 0.3) is 0 Å². The molecule has 3 nitrogen and oxygen atoms in total. The van der Waals surface area contributed by atoms with E-state index in [1.165, 1.54) is 9.88 Å². The third-order valence-electron chi connectivity index (χ3n) is 1.73. The van der Waals surface area contributed by atoms with Gasteiger partial charge in [-0.25, -0.2) is 4.98 Å². The van der Waals surface area contributed by atoms with E-state index >= 15 is 0 Å². The van der Waals surface area contributed by atoms with E-state index in [1.807, 2.05) is 7.05 Å². The fraction of sp³-hybridized carbons (Fsp3) is 0.667. The third kappa shape index (κ3) is 3.06. The highest BCUT2D eigenvalue weighted by molar-refractivity contribution is 7.11. The number of aromatic nitrogens is 1. The topological polar surface area (TPSA) is 28.2 Å². The molecule has 0 atom stereocenters. The number of nitrogens with one attached hydrogen (secondary N) is 1. The van der Waals surface area contributed by atoms with Crippen molar-refractivity contribution in [2.24, 2.45) is 0 Å². The molecule has 1 aromatic rings. The summed E-state index contributed by atoms with van der Waals surface area (Å²) >= 11 is 1.80. The van der Waals surface area contributed by atoms with Crippen molar-refractivity contribution in [3.8, 4) is 0 Å². The lowest BCUT2D eigenvalue weighted by Gasteiger charge is -2.04. The fourth-order valence-electron chi connectivity index (χ4n) is 1.15. The van der Waals surface area contributed by atoms with E-state index in [0.717, 1.165) is 18.8 Å². The summed E-state index contributed by atoms with van der Waals surface area (Å²) in [6, 6.07) is 0. The minimum atomic E-state index is 0.928. The van der Waals surface area contributed by atoms with Crippen LogP contribution in [0.15, 0.2) is 0 Å². The van der Waals surface area contributed by atoms with Crippen molar-refractivity contribution < 1.29 is 0 Å². The molecular weight excluding hydrogens is 182 g/mol.